The number of ketones is 1. The first-order chi connectivity index (χ1) is 15.0. The van der Waals surface area contributed by atoms with Gasteiger partial charge < -0.3 is 25.1 Å². The van der Waals surface area contributed by atoms with E-state index in [1.807, 2.05) is 0 Å². The van der Waals surface area contributed by atoms with Crippen molar-refractivity contribution in [1.82, 2.24) is 9.88 Å². The molecule has 0 fully saturated rings. The summed E-state index contributed by atoms with van der Waals surface area (Å²) in [5, 5.41) is 2.10. The first-order valence-corrected chi connectivity index (χ1v) is 9.43. The number of benzene rings is 1. The summed E-state index contributed by atoms with van der Waals surface area (Å²) in [7, 11) is 0. The van der Waals surface area contributed by atoms with Crippen molar-refractivity contribution in [3.63, 3.8) is 0 Å². The largest absolute Gasteiger partial charge is 0.486 e. The number of ether oxygens (including phenoxy) is 2. The monoisotopic (exact) mass is 457 g/mol. The van der Waals surface area contributed by atoms with Crippen molar-refractivity contribution in [2.24, 2.45) is 5.73 Å². The normalized spacial score (nSPS) is 15.0. The lowest BCUT2D eigenvalue weighted by atomic mass is 10.1. The number of nitrogens with zero attached hydrogens (tertiary/aromatic N) is 1. The van der Waals surface area contributed by atoms with Gasteiger partial charge in [0, 0.05) is 17.8 Å². The lowest BCUT2D eigenvalue weighted by molar-refractivity contribution is -0.138. The van der Waals surface area contributed by atoms with Gasteiger partial charge >= 0.3 is 6.18 Å². The number of hydrogen-bond donors (Lipinski definition) is 2. The number of carbonyl (C=O) groups is 3. The summed E-state index contributed by atoms with van der Waals surface area (Å²) in [5.41, 5.74) is 4.31. The highest BCUT2D eigenvalue weighted by molar-refractivity contribution is 6.02. The van der Waals surface area contributed by atoms with Crippen LogP contribution in [-0.2, 0) is 0 Å². The smallest absolute Gasteiger partial charge is 0.391 e. The second kappa shape index (κ2) is 8.89. The second-order valence-electron chi connectivity index (χ2n) is 7.14. The number of Topliss-reactive ketones (excluding diaryl/α,β-unsaturated/α-hetero) is 1. The summed E-state index contributed by atoms with van der Waals surface area (Å²) in [6, 6.07) is 3.65. The van der Waals surface area contributed by atoms with Crippen molar-refractivity contribution in [1.29, 1.82) is 0 Å². The highest BCUT2D eigenvalue weighted by Crippen LogP contribution is 2.32. The van der Waals surface area contributed by atoms with Gasteiger partial charge in [-0.05, 0) is 31.2 Å². The Bertz CT molecular complexity index is 1050. The number of rotatable bonds is 7. The van der Waals surface area contributed by atoms with E-state index in [-0.39, 0.29) is 23.5 Å². The Morgan fingerprint density at radius 1 is 1.12 bits per heavy atom. The third-order valence-corrected chi connectivity index (χ3v) is 4.57. The van der Waals surface area contributed by atoms with E-state index in [1.54, 1.807) is 0 Å². The van der Waals surface area contributed by atoms with E-state index >= 15 is 4.39 Å². The molecule has 1 aliphatic heterocycles. The number of carbonyl (C=O) groups excluding carboxylic acids is 3. The van der Waals surface area contributed by atoms with Crippen molar-refractivity contribution in [3.05, 3.63) is 47.3 Å². The SMILES string of the molecule is C[C@H](CC(F)(F)F)NC(=O)c1cc(C(N)=O)n(C(F)C(=O)c2ccc3c(c2)OCCO3)c1. The maximum Gasteiger partial charge on any atom is 0.391 e. The zero-order valence-electron chi connectivity index (χ0n) is 16.7. The van der Waals surface area contributed by atoms with Crippen LogP contribution in [-0.4, -0.2) is 47.6 Å². The Labute approximate surface area is 179 Å². The van der Waals surface area contributed by atoms with Gasteiger partial charge in [-0.25, -0.2) is 4.39 Å². The third kappa shape index (κ3) is 5.18. The van der Waals surface area contributed by atoms with Gasteiger partial charge in [0.2, 0.25) is 12.1 Å². The van der Waals surface area contributed by atoms with E-state index in [2.05, 4.69) is 5.32 Å². The molecule has 0 bridgehead atoms. The van der Waals surface area contributed by atoms with Crippen LogP contribution in [0.4, 0.5) is 17.6 Å². The number of aromatic nitrogens is 1. The predicted octanol–water partition coefficient (Wildman–Crippen LogP) is 2.78. The third-order valence-electron chi connectivity index (χ3n) is 4.57. The molecule has 1 aromatic carbocycles. The lowest BCUT2D eigenvalue weighted by Gasteiger charge is -2.19. The van der Waals surface area contributed by atoms with Crippen LogP contribution in [0.25, 0.3) is 0 Å². The van der Waals surface area contributed by atoms with Crippen LogP contribution in [0.2, 0.25) is 0 Å². The van der Waals surface area contributed by atoms with Gasteiger partial charge in [0.15, 0.2) is 11.5 Å². The number of amides is 2. The average Bonchev–Trinajstić information content (AvgIpc) is 3.17. The maximum atomic E-state index is 15.1. The van der Waals surface area contributed by atoms with Crippen LogP contribution in [0.5, 0.6) is 11.5 Å². The molecule has 1 aliphatic rings. The van der Waals surface area contributed by atoms with Gasteiger partial charge in [0.1, 0.15) is 18.9 Å². The Balaban J connectivity index is 1.83. The second-order valence-corrected chi connectivity index (χ2v) is 7.14. The lowest BCUT2D eigenvalue weighted by Crippen LogP contribution is -2.35. The van der Waals surface area contributed by atoms with Gasteiger partial charge in [0.25, 0.3) is 11.8 Å². The fraction of sp³-hybridized carbons (Fsp3) is 0.350. The minimum absolute atomic E-state index is 0.0873. The fourth-order valence-electron chi connectivity index (χ4n) is 3.15. The molecule has 0 aliphatic carbocycles. The number of fused-ring (bicyclic) bond motifs is 1. The van der Waals surface area contributed by atoms with Crippen LogP contribution in [0, 0.1) is 0 Å². The molecule has 0 radical (unpaired) electrons. The number of halogens is 4. The number of nitrogens with two attached hydrogens (primary N) is 1. The molecule has 0 saturated heterocycles. The average molecular weight is 457 g/mol. The fourth-order valence-corrected chi connectivity index (χ4v) is 3.15. The number of nitrogens with one attached hydrogen (secondary N) is 1. The van der Waals surface area contributed by atoms with E-state index in [4.69, 9.17) is 15.2 Å². The first-order valence-electron chi connectivity index (χ1n) is 9.43. The van der Waals surface area contributed by atoms with E-state index in [0.717, 1.165) is 19.2 Å². The minimum Gasteiger partial charge on any atom is -0.486 e. The van der Waals surface area contributed by atoms with Gasteiger partial charge in [-0.2, -0.15) is 13.2 Å². The quantitative estimate of drug-likeness (QED) is 0.491. The number of alkyl halides is 4. The van der Waals surface area contributed by atoms with Crippen molar-refractivity contribution < 1.29 is 41.4 Å². The maximum absolute atomic E-state index is 15.1. The molecule has 2 aromatic rings. The van der Waals surface area contributed by atoms with E-state index in [1.165, 1.54) is 18.2 Å². The molecule has 2 atom stereocenters. The summed E-state index contributed by atoms with van der Waals surface area (Å²) in [5.74, 6) is -2.55. The Kier molecular flexibility index (Phi) is 6.42. The van der Waals surface area contributed by atoms with Crippen molar-refractivity contribution in [2.75, 3.05) is 13.2 Å². The molecule has 2 heterocycles. The van der Waals surface area contributed by atoms with Crippen LogP contribution in [0.15, 0.2) is 30.5 Å². The molecular formula is C20H19F4N3O5. The molecule has 1 aromatic heterocycles. The Morgan fingerprint density at radius 3 is 2.41 bits per heavy atom. The summed E-state index contributed by atoms with van der Waals surface area (Å²) in [4.78, 5) is 36.6. The minimum atomic E-state index is -4.50. The van der Waals surface area contributed by atoms with Crippen LogP contribution in [0.3, 0.4) is 0 Å². The zero-order chi connectivity index (χ0) is 23.6. The van der Waals surface area contributed by atoms with Gasteiger partial charge in [-0.3, -0.25) is 14.4 Å². The van der Waals surface area contributed by atoms with Crippen molar-refractivity contribution >= 4 is 17.6 Å². The van der Waals surface area contributed by atoms with Crippen molar-refractivity contribution in [2.45, 2.75) is 31.9 Å². The molecule has 3 N–H and O–H groups in total. The van der Waals surface area contributed by atoms with Crippen LogP contribution >= 0.6 is 0 Å². The number of primary amides is 1. The van der Waals surface area contributed by atoms with Crippen LogP contribution < -0.4 is 20.5 Å². The van der Waals surface area contributed by atoms with Gasteiger partial charge in [-0.15, -0.1) is 0 Å². The first kappa shape index (κ1) is 23.1. The predicted molar refractivity (Wildman–Crippen MR) is 102 cm³/mol. The summed E-state index contributed by atoms with van der Waals surface area (Å²) in [6.07, 6.45) is -7.38. The molecule has 172 valence electrons. The molecule has 32 heavy (non-hydrogen) atoms. The molecule has 12 heteroatoms. The molecule has 2 amide bonds. The summed E-state index contributed by atoms with van der Waals surface area (Å²) < 4.78 is 63.8. The number of hydrogen-bond acceptors (Lipinski definition) is 5. The van der Waals surface area contributed by atoms with Gasteiger partial charge in [0.05, 0.1) is 12.0 Å². The molecule has 1 unspecified atom stereocenters. The van der Waals surface area contributed by atoms with Gasteiger partial charge in [-0.1, -0.05) is 0 Å². The highest BCUT2D eigenvalue weighted by atomic mass is 19.4. The Morgan fingerprint density at radius 2 is 1.78 bits per heavy atom. The van der Waals surface area contributed by atoms with E-state index in [9.17, 15) is 27.6 Å². The topological polar surface area (TPSA) is 113 Å². The van der Waals surface area contributed by atoms with Crippen LogP contribution in [0.1, 0.15) is 50.8 Å². The zero-order valence-corrected chi connectivity index (χ0v) is 16.7. The highest BCUT2D eigenvalue weighted by Gasteiger charge is 2.32. The molecule has 0 saturated carbocycles. The molecule has 8 nitrogen and oxygen atoms in total. The standard InChI is InChI=1S/C20H19F4N3O5/c1-10(8-20(22,23)24)26-19(30)12-6-13(18(25)29)27(9-12)17(21)16(28)11-2-3-14-15(7-11)32-5-4-31-14/h2-3,6-7,9-10,17H,4-5,8H2,1H3,(H2,25,29)(H,26,30)/t10-,17?/m1/s1. The Hall–Kier alpha value is -3.57. The van der Waals surface area contributed by atoms with E-state index in [0.29, 0.717) is 16.9 Å². The molecular weight excluding hydrogens is 438 g/mol. The summed E-state index contributed by atoms with van der Waals surface area (Å²) in [6.45, 7) is 1.71. The molecule has 3 rings (SSSR count). The van der Waals surface area contributed by atoms with E-state index < -0.39 is 48.2 Å². The summed E-state index contributed by atoms with van der Waals surface area (Å²) >= 11 is 0. The van der Waals surface area contributed by atoms with Crippen molar-refractivity contribution in [3.8, 4) is 11.5 Å². The molecule has 0 spiro atoms.